The van der Waals surface area contributed by atoms with Gasteiger partial charge in [0.25, 0.3) is 0 Å². The third-order valence-corrected chi connectivity index (χ3v) is 8.04. The second-order valence-electron chi connectivity index (χ2n) is 8.44. The summed E-state index contributed by atoms with van der Waals surface area (Å²) in [5.41, 5.74) is 6.81. The molecule has 0 spiro atoms. The molecule has 0 bridgehead atoms. The maximum Gasteiger partial charge on any atom is 0.145 e. The van der Waals surface area contributed by atoms with E-state index in [1.54, 1.807) is 22.7 Å². The first kappa shape index (κ1) is 21.8. The van der Waals surface area contributed by atoms with Crippen molar-refractivity contribution in [2.75, 3.05) is 5.32 Å². The van der Waals surface area contributed by atoms with Crippen molar-refractivity contribution in [2.45, 2.75) is 0 Å². The summed E-state index contributed by atoms with van der Waals surface area (Å²) in [6, 6.07) is 36.4. The van der Waals surface area contributed by atoms with Crippen molar-refractivity contribution >= 4 is 71.6 Å². The van der Waals surface area contributed by atoms with Gasteiger partial charge in [0, 0.05) is 5.69 Å². The molecule has 0 saturated carbocycles. The van der Waals surface area contributed by atoms with Gasteiger partial charge >= 0.3 is 0 Å². The van der Waals surface area contributed by atoms with E-state index in [4.69, 9.17) is 20.0 Å². The van der Waals surface area contributed by atoms with Crippen molar-refractivity contribution in [1.29, 1.82) is 0 Å². The van der Waals surface area contributed by atoms with Crippen molar-refractivity contribution in [3.8, 4) is 0 Å². The zero-order valence-corrected chi connectivity index (χ0v) is 21.1. The van der Waals surface area contributed by atoms with Gasteiger partial charge in [-0.1, -0.05) is 60.7 Å². The van der Waals surface area contributed by atoms with E-state index >= 15 is 0 Å². The molecule has 1 N–H and O–H groups in total. The number of para-hydroxylation sites is 4. The average molecular weight is 514 g/mol. The number of thiazole rings is 2. The first-order valence-corrected chi connectivity index (χ1v) is 13.5. The van der Waals surface area contributed by atoms with Crippen molar-refractivity contribution in [3.63, 3.8) is 0 Å². The molecule has 0 fully saturated rings. The predicted octanol–water partition coefficient (Wildman–Crippen LogP) is 7.96. The first-order valence-electron chi connectivity index (χ1n) is 11.8. The predicted molar refractivity (Wildman–Crippen MR) is 156 cm³/mol. The number of hydrogen-bond donors (Lipinski definition) is 1. The van der Waals surface area contributed by atoms with Crippen LogP contribution >= 0.6 is 22.7 Å². The van der Waals surface area contributed by atoms with E-state index in [0.29, 0.717) is 0 Å². The van der Waals surface area contributed by atoms with E-state index in [2.05, 4.69) is 17.4 Å². The summed E-state index contributed by atoms with van der Waals surface area (Å²) in [6.07, 6.45) is 0. The van der Waals surface area contributed by atoms with Crippen LogP contribution in [0.1, 0.15) is 10.0 Å². The molecule has 1 aliphatic rings. The van der Waals surface area contributed by atoms with Gasteiger partial charge in [0.2, 0.25) is 0 Å². The van der Waals surface area contributed by atoms with Gasteiger partial charge in [-0.05, 0) is 48.5 Å². The van der Waals surface area contributed by atoms with Gasteiger partial charge in [-0.3, -0.25) is 0 Å². The van der Waals surface area contributed by atoms with Crippen LogP contribution in [0.3, 0.4) is 0 Å². The van der Waals surface area contributed by atoms with Crippen molar-refractivity contribution in [3.05, 3.63) is 125 Å². The Morgan fingerprint density at radius 1 is 0.595 bits per heavy atom. The normalized spacial score (nSPS) is 14.6. The Morgan fingerprint density at radius 3 is 1.84 bits per heavy atom. The van der Waals surface area contributed by atoms with Gasteiger partial charge in [0.1, 0.15) is 27.1 Å². The second-order valence-corrected chi connectivity index (χ2v) is 10.5. The van der Waals surface area contributed by atoms with Gasteiger partial charge in [-0.25, -0.2) is 20.0 Å². The fraction of sp³-hybridized carbons (Fsp3) is 0. The van der Waals surface area contributed by atoms with E-state index in [0.717, 1.165) is 64.6 Å². The monoisotopic (exact) mass is 513 g/mol. The third kappa shape index (κ3) is 4.14. The molecule has 3 heterocycles. The Kier molecular flexibility index (Phi) is 5.42. The molecule has 7 heteroatoms. The molecule has 7 rings (SSSR count). The number of fused-ring (bicyclic) bond motifs is 2. The summed E-state index contributed by atoms with van der Waals surface area (Å²) in [4.78, 5) is 20.2. The van der Waals surface area contributed by atoms with Gasteiger partial charge in [-0.2, -0.15) is 0 Å². The maximum absolute atomic E-state index is 5.17. The average Bonchev–Trinajstić information content (AvgIpc) is 3.65. The minimum Gasteiger partial charge on any atom is -0.352 e. The quantitative estimate of drug-likeness (QED) is 0.254. The Labute approximate surface area is 221 Å². The van der Waals surface area contributed by atoms with Crippen LogP contribution < -0.4 is 5.32 Å². The van der Waals surface area contributed by atoms with Crippen LogP contribution in [0, 0.1) is 0 Å². The number of rotatable bonds is 5. The minimum absolute atomic E-state index is 0.748. The van der Waals surface area contributed by atoms with E-state index in [1.165, 1.54) is 0 Å². The highest BCUT2D eigenvalue weighted by Crippen LogP contribution is 2.37. The fourth-order valence-electron chi connectivity index (χ4n) is 4.23. The molecular weight excluding hydrogens is 494 g/mol. The highest BCUT2D eigenvalue weighted by molar-refractivity contribution is 7.21. The number of aromatic nitrogens is 2. The molecule has 0 aliphatic carbocycles. The summed E-state index contributed by atoms with van der Waals surface area (Å²) >= 11 is 3.26. The lowest BCUT2D eigenvalue weighted by molar-refractivity contribution is 1.38. The first-order chi connectivity index (χ1) is 18.3. The molecule has 0 unspecified atom stereocenters. The van der Waals surface area contributed by atoms with Crippen LogP contribution in [0.15, 0.2) is 125 Å². The number of benzene rings is 4. The third-order valence-electron chi connectivity index (χ3n) is 5.95. The molecule has 2 aromatic heterocycles. The SMILES string of the molecule is c1ccc(N=C2C(c3nc4ccccc4s3)=NC(c3nc4ccccc4s3)=C2Nc2ccccc2)cc1. The number of aliphatic imine (C=N–C) groups is 2. The van der Waals surface area contributed by atoms with Gasteiger partial charge < -0.3 is 5.32 Å². The van der Waals surface area contributed by atoms with Gasteiger partial charge in [0.05, 0.1) is 31.8 Å². The Balaban J connectivity index is 1.47. The van der Waals surface area contributed by atoms with E-state index in [1.807, 2.05) is 97.1 Å². The zero-order valence-electron chi connectivity index (χ0n) is 19.5. The molecule has 6 aromatic rings. The molecule has 0 radical (unpaired) electrons. The fourth-order valence-corrected chi connectivity index (χ4v) is 6.14. The Hall–Kier alpha value is -4.46. The van der Waals surface area contributed by atoms with Crippen LogP contribution in [0.4, 0.5) is 11.4 Å². The molecule has 0 amide bonds. The van der Waals surface area contributed by atoms with E-state index in [-0.39, 0.29) is 0 Å². The Morgan fingerprint density at radius 2 is 1.16 bits per heavy atom. The number of hydrogen-bond acceptors (Lipinski definition) is 7. The van der Waals surface area contributed by atoms with Crippen molar-refractivity contribution in [2.24, 2.45) is 9.98 Å². The lowest BCUT2D eigenvalue weighted by atomic mass is 10.1. The second kappa shape index (κ2) is 9.20. The standard InChI is InChI=1S/C30H19N5S2/c1-3-11-19(12-4-1)31-25-26(32-20-13-5-2-6-14-20)28(30-34-22-16-8-10-18-24(22)37-30)35-27(25)29-33-21-15-7-9-17-23(21)36-29/h1-18H,(H,31,32). The number of allylic oxidation sites excluding steroid dienone is 1. The van der Waals surface area contributed by atoms with Crippen LogP contribution in [0.5, 0.6) is 0 Å². The molecule has 4 aromatic carbocycles. The molecule has 176 valence electrons. The number of nitrogens with one attached hydrogen (secondary N) is 1. The van der Waals surface area contributed by atoms with Crippen LogP contribution in [-0.2, 0) is 0 Å². The van der Waals surface area contributed by atoms with Crippen LogP contribution in [0.2, 0.25) is 0 Å². The summed E-state index contributed by atoms with van der Waals surface area (Å²) in [7, 11) is 0. The largest absolute Gasteiger partial charge is 0.352 e. The summed E-state index contributed by atoms with van der Waals surface area (Å²) in [5.74, 6) is 0. The van der Waals surface area contributed by atoms with E-state index in [9.17, 15) is 0 Å². The molecule has 5 nitrogen and oxygen atoms in total. The van der Waals surface area contributed by atoms with Crippen molar-refractivity contribution < 1.29 is 0 Å². The lowest BCUT2D eigenvalue weighted by Crippen LogP contribution is -2.18. The molecule has 37 heavy (non-hydrogen) atoms. The van der Waals surface area contributed by atoms with Crippen molar-refractivity contribution in [1.82, 2.24) is 9.97 Å². The number of anilines is 1. The topological polar surface area (TPSA) is 62.5 Å². The van der Waals surface area contributed by atoms with Gasteiger partial charge in [0.15, 0.2) is 0 Å². The number of nitrogens with zero attached hydrogens (tertiary/aromatic N) is 4. The van der Waals surface area contributed by atoms with Crippen LogP contribution in [0.25, 0.3) is 26.1 Å². The minimum atomic E-state index is 0.748. The molecule has 0 saturated heterocycles. The highest BCUT2D eigenvalue weighted by Gasteiger charge is 2.31. The smallest absolute Gasteiger partial charge is 0.145 e. The van der Waals surface area contributed by atoms with Gasteiger partial charge in [-0.15, -0.1) is 22.7 Å². The summed E-state index contributed by atoms with van der Waals surface area (Å²) in [6.45, 7) is 0. The highest BCUT2D eigenvalue weighted by atomic mass is 32.1. The summed E-state index contributed by atoms with van der Waals surface area (Å²) < 4.78 is 2.24. The molecular formula is C30H19N5S2. The Bertz CT molecular complexity index is 1780. The van der Waals surface area contributed by atoms with Crippen LogP contribution in [-0.4, -0.2) is 21.4 Å². The zero-order chi connectivity index (χ0) is 24.6. The molecule has 0 atom stereocenters. The van der Waals surface area contributed by atoms with E-state index < -0.39 is 0 Å². The molecule has 1 aliphatic heterocycles. The maximum atomic E-state index is 5.17. The lowest BCUT2D eigenvalue weighted by Gasteiger charge is -2.11. The summed E-state index contributed by atoms with van der Waals surface area (Å²) in [5, 5.41) is 5.29.